The molecular weight excluding hydrogens is 226 g/mol. The number of rotatable bonds is 5. The zero-order valence-electron chi connectivity index (χ0n) is 11.2. The molecule has 18 heavy (non-hydrogen) atoms. The van der Waals surface area contributed by atoms with Gasteiger partial charge in [-0.05, 0) is 26.0 Å². The fourth-order valence-electron chi connectivity index (χ4n) is 2.35. The summed E-state index contributed by atoms with van der Waals surface area (Å²) in [5.41, 5.74) is 1.92. The van der Waals surface area contributed by atoms with Gasteiger partial charge < -0.3 is 9.64 Å². The van der Waals surface area contributed by atoms with Crippen LogP contribution < -0.4 is 0 Å². The van der Waals surface area contributed by atoms with Gasteiger partial charge in [0.1, 0.15) is 0 Å². The molecule has 1 atom stereocenters. The lowest BCUT2D eigenvalue weighted by molar-refractivity contribution is 0.0954. The summed E-state index contributed by atoms with van der Waals surface area (Å²) in [5, 5.41) is 0. The summed E-state index contributed by atoms with van der Waals surface area (Å²) in [5.74, 6) is 0.235. The number of benzene rings is 1. The molecule has 1 saturated heterocycles. The maximum atomic E-state index is 12.1. The van der Waals surface area contributed by atoms with Gasteiger partial charge in [0, 0.05) is 31.2 Å². The second-order valence-corrected chi connectivity index (χ2v) is 4.99. The Morgan fingerprint density at radius 2 is 2.22 bits per heavy atom. The number of ether oxygens (including phenoxy) is 1. The van der Waals surface area contributed by atoms with Crippen molar-refractivity contribution in [2.75, 3.05) is 26.8 Å². The SMILES string of the molecule is Cc1ccccc1C(=O)CCN(C)C1CCOC1. The van der Waals surface area contributed by atoms with Crippen LogP contribution in [0.3, 0.4) is 0 Å². The van der Waals surface area contributed by atoms with E-state index in [1.807, 2.05) is 31.2 Å². The molecule has 1 aliphatic rings. The van der Waals surface area contributed by atoms with Crippen LogP contribution in [0, 0.1) is 6.92 Å². The molecular formula is C15H21NO2. The van der Waals surface area contributed by atoms with Gasteiger partial charge in [-0.2, -0.15) is 0 Å². The Kier molecular flexibility index (Phi) is 4.50. The van der Waals surface area contributed by atoms with Gasteiger partial charge >= 0.3 is 0 Å². The van der Waals surface area contributed by atoms with Crippen LogP contribution in [0.25, 0.3) is 0 Å². The van der Waals surface area contributed by atoms with Crippen LogP contribution in [0.2, 0.25) is 0 Å². The van der Waals surface area contributed by atoms with Gasteiger partial charge in [-0.25, -0.2) is 0 Å². The summed E-state index contributed by atoms with van der Waals surface area (Å²) in [6.45, 7) is 4.44. The Labute approximate surface area is 109 Å². The normalized spacial score (nSPS) is 19.4. The minimum Gasteiger partial charge on any atom is -0.380 e. The number of carbonyl (C=O) groups excluding carboxylic acids is 1. The zero-order chi connectivity index (χ0) is 13.0. The summed E-state index contributed by atoms with van der Waals surface area (Å²) >= 11 is 0. The molecule has 98 valence electrons. The highest BCUT2D eigenvalue weighted by Gasteiger charge is 2.20. The van der Waals surface area contributed by atoms with E-state index in [0.717, 1.165) is 37.3 Å². The van der Waals surface area contributed by atoms with E-state index < -0.39 is 0 Å². The molecule has 1 unspecified atom stereocenters. The van der Waals surface area contributed by atoms with Crippen molar-refractivity contribution in [3.05, 3.63) is 35.4 Å². The van der Waals surface area contributed by atoms with E-state index >= 15 is 0 Å². The lowest BCUT2D eigenvalue weighted by Gasteiger charge is -2.22. The number of ketones is 1. The molecule has 1 aliphatic heterocycles. The summed E-state index contributed by atoms with van der Waals surface area (Å²) in [6.07, 6.45) is 1.66. The van der Waals surface area contributed by atoms with Crippen LogP contribution in [0.15, 0.2) is 24.3 Å². The molecule has 1 fully saturated rings. The van der Waals surface area contributed by atoms with Crippen molar-refractivity contribution in [1.29, 1.82) is 0 Å². The quantitative estimate of drug-likeness (QED) is 0.748. The average molecular weight is 247 g/mol. The molecule has 2 rings (SSSR count). The molecule has 3 heteroatoms. The van der Waals surface area contributed by atoms with Crippen molar-refractivity contribution in [2.24, 2.45) is 0 Å². The molecule has 0 amide bonds. The first-order valence-electron chi connectivity index (χ1n) is 6.55. The molecule has 1 heterocycles. The van der Waals surface area contributed by atoms with E-state index in [-0.39, 0.29) is 5.78 Å². The van der Waals surface area contributed by atoms with Gasteiger partial charge in [0.2, 0.25) is 0 Å². The summed E-state index contributed by atoms with van der Waals surface area (Å²) in [4.78, 5) is 14.4. The van der Waals surface area contributed by atoms with E-state index in [0.29, 0.717) is 12.5 Å². The standard InChI is InChI=1S/C15H21NO2/c1-12-5-3-4-6-14(12)15(17)7-9-16(2)13-8-10-18-11-13/h3-6,13H,7-11H2,1-2H3. The second kappa shape index (κ2) is 6.12. The predicted octanol–water partition coefficient (Wildman–Crippen LogP) is 2.29. The molecule has 0 radical (unpaired) electrons. The first-order valence-corrected chi connectivity index (χ1v) is 6.55. The molecule has 0 saturated carbocycles. The summed E-state index contributed by atoms with van der Waals surface area (Å²) in [6, 6.07) is 8.27. The fourth-order valence-corrected chi connectivity index (χ4v) is 2.35. The second-order valence-electron chi connectivity index (χ2n) is 4.99. The van der Waals surface area contributed by atoms with Crippen molar-refractivity contribution in [1.82, 2.24) is 4.90 Å². The predicted molar refractivity (Wildman–Crippen MR) is 72.0 cm³/mol. The van der Waals surface area contributed by atoms with Gasteiger partial charge in [0.05, 0.1) is 6.61 Å². The smallest absolute Gasteiger partial charge is 0.164 e. The van der Waals surface area contributed by atoms with Crippen molar-refractivity contribution in [2.45, 2.75) is 25.8 Å². The number of hydrogen-bond acceptors (Lipinski definition) is 3. The third kappa shape index (κ3) is 3.18. The van der Waals surface area contributed by atoms with Crippen LogP contribution in [0.5, 0.6) is 0 Å². The molecule has 0 aromatic heterocycles. The molecule has 0 N–H and O–H groups in total. The van der Waals surface area contributed by atoms with Gasteiger partial charge in [0.15, 0.2) is 5.78 Å². The van der Waals surface area contributed by atoms with Crippen LogP contribution in [-0.4, -0.2) is 43.5 Å². The van der Waals surface area contributed by atoms with Gasteiger partial charge in [0.25, 0.3) is 0 Å². The van der Waals surface area contributed by atoms with Crippen molar-refractivity contribution >= 4 is 5.78 Å². The lowest BCUT2D eigenvalue weighted by Crippen LogP contribution is -2.33. The van der Waals surface area contributed by atoms with Crippen molar-refractivity contribution < 1.29 is 9.53 Å². The van der Waals surface area contributed by atoms with E-state index in [9.17, 15) is 4.79 Å². The van der Waals surface area contributed by atoms with Gasteiger partial charge in [-0.3, -0.25) is 4.79 Å². The topological polar surface area (TPSA) is 29.5 Å². The van der Waals surface area contributed by atoms with E-state index in [1.165, 1.54) is 0 Å². The lowest BCUT2D eigenvalue weighted by atomic mass is 10.0. The number of hydrogen-bond donors (Lipinski definition) is 0. The van der Waals surface area contributed by atoms with Crippen molar-refractivity contribution in [3.8, 4) is 0 Å². The Bertz CT molecular complexity index is 411. The first-order chi connectivity index (χ1) is 8.68. The number of aryl methyl sites for hydroxylation is 1. The van der Waals surface area contributed by atoms with E-state index in [2.05, 4.69) is 11.9 Å². The Morgan fingerprint density at radius 1 is 1.44 bits per heavy atom. The first kappa shape index (κ1) is 13.2. The largest absolute Gasteiger partial charge is 0.380 e. The molecule has 1 aromatic rings. The summed E-state index contributed by atoms with van der Waals surface area (Å²) in [7, 11) is 2.07. The third-order valence-corrected chi connectivity index (χ3v) is 3.67. The Hall–Kier alpha value is -1.19. The number of carbonyl (C=O) groups is 1. The third-order valence-electron chi connectivity index (χ3n) is 3.67. The fraction of sp³-hybridized carbons (Fsp3) is 0.533. The van der Waals surface area contributed by atoms with Gasteiger partial charge in [-0.15, -0.1) is 0 Å². The monoisotopic (exact) mass is 247 g/mol. The zero-order valence-corrected chi connectivity index (χ0v) is 11.2. The Morgan fingerprint density at radius 3 is 2.89 bits per heavy atom. The highest BCUT2D eigenvalue weighted by atomic mass is 16.5. The minimum absolute atomic E-state index is 0.235. The van der Waals surface area contributed by atoms with Crippen LogP contribution in [0.4, 0.5) is 0 Å². The van der Waals surface area contributed by atoms with Crippen LogP contribution in [0.1, 0.15) is 28.8 Å². The number of Topliss-reactive ketones (excluding diaryl/α,β-unsaturated/α-hetero) is 1. The minimum atomic E-state index is 0.235. The van der Waals surface area contributed by atoms with Crippen LogP contribution in [-0.2, 0) is 4.74 Å². The Balaban J connectivity index is 1.86. The maximum absolute atomic E-state index is 12.1. The average Bonchev–Trinajstić information content (AvgIpc) is 2.90. The van der Waals surface area contributed by atoms with Crippen LogP contribution >= 0.6 is 0 Å². The molecule has 0 spiro atoms. The maximum Gasteiger partial charge on any atom is 0.164 e. The van der Waals surface area contributed by atoms with E-state index in [4.69, 9.17) is 4.74 Å². The van der Waals surface area contributed by atoms with Crippen molar-refractivity contribution in [3.63, 3.8) is 0 Å². The highest BCUT2D eigenvalue weighted by molar-refractivity contribution is 5.97. The molecule has 0 aliphatic carbocycles. The summed E-state index contributed by atoms with van der Waals surface area (Å²) < 4.78 is 5.36. The number of likely N-dealkylation sites (N-methyl/N-ethyl adjacent to an activating group) is 1. The van der Waals surface area contributed by atoms with E-state index in [1.54, 1.807) is 0 Å². The van der Waals surface area contributed by atoms with Gasteiger partial charge in [-0.1, -0.05) is 24.3 Å². The molecule has 1 aromatic carbocycles. The molecule has 3 nitrogen and oxygen atoms in total. The number of nitrogens with zero attached hydrogens (tertiary/aromatic N) is 1. The molecule has 0 bridgehead atoms. The highest BCUT2D eigenvalue weighted by Crippen LogP contribution is 2.13.